The summed E-state index contributed by atoms with van der Waals surface area (Å²) in [6.07, 6.45) is 2.62. The fourth-order valence-corrected chi connectivity index (χ4v) is 5.20. The average molecular weight is 374 g/mol. The van der Waals surface area contributed by atoms with Crippen LogP contribution in [0, 0.1) is 19.3 Å². The number of nitrogens with zero attached hydrogens (tertiary/aromatic N) is 4. The summed E-state index contributed by atoms with van der Waals surface area (Å²) in [5, 5.41) is 13.1. The topological polar surface area (TPSA) is 64.5 Å². The SMILES string of the molecule is Cc1cc(N2CCC3(CN(Cc4cnc(NC(C)O)s4)C3)C2)cc(C)n1. The third-order valence-electron chi connectivity index (χ3n) is 5.25. The first-order valence-corrected chi connectivity index (χ1v) is 10.0. The number of thiazole rings is 1. The Morgan fingerprint density at radius 1 is 1.27 bits per heavy atom. The first-order chi connectivity index (χ1) is 12.4. The van der Waals surface area contributed by atoms with Gasteiger partial charge in [0.25, 0.3) is 0 Å². The molecular weight excluding hydrogens is 346 g/mol. The van der Waals surface area contributed by atoms with Gasteiger partial charge in [-0.25, -0.2) is 4.98 Å². The molecule has 2 aliphatic heterocycles. The Labute approximate surface area is 158 Å². The number of aliphatic hydroxyl groups is 1. The molecule has 1 spiro atoms. The Morgan fingerprint density at radius 2 is 2.00 bits per heavy atom. The monoisotopic (exact) mass is 373 g/mol. The zero-order chi connectivity index (χ0) is 18.3. The van der Waals surface area contributed by atoms with Crippen molar-refractivity contribution in [1.82, 2.24) is 14.9 Å². The van der Waals surface area contributed by atoms with E-state index in [9.17, 15) is 5.11 Å². The van der Waals surface area contributed by atoms with Crippen LogP contribution in [-0.2, 0) is 6.54 Å². The van der Waals surface area contributed by atoms with Crippen LogP contribution in [-0.4, -0.2) is 52.4 Å². The minimum atomic E-state index is -0.564. The second kappa shape index (κ2) is 6.79. The van der Waals surface area contributed by atoms with Crippen molar-refractivity contribution in [3.8, 4) is 0 Å². The molecule has 2 N–H and O–H groups in total. The highest BCUT2D eigenvalue weighted by Crippen LogP contribution is 2.42. The number of pyridine rings is 1. The maximum atomic E-state index is 9.38. The molecule has 140 valence electrons. The van der Waals surface area contributed by atoms with Gasteiger partial charge in [0.15, 0.2) is 5.13 Å². The van der Waals surface area contributed by atoms with Crippen LogP contribution < -0.4 is 10.2 Å². The zero-order valence-corrected chi connectivity index (χ0v) is 16.5. The van der Waals surface area contributed by atoms with Crippen LogP contribution in [0.15, 0.2) is 18.3 Å². The lowest BCUT2D eigenvalue weighted by molar-refractivity contribution is 0.0124. The van der Waals surface area contributed by atoms with E-state index >= 15 is 0 Å². The van der Waals surface area contributed by atoms with Gasteiger partial charge >= 0.3 is 0 Å². The van der Waals surface area contributed by atoms with E-state index in [1.807, 2.05) is 6.20 Å². The van der Waals surface area contributed by atoms with Crippen LogP contribution >= 0.6 is 11.3 Å². The van der Waals surface area contributed by atoms with E-state index in [1.54, 1.807) is 18.3 Å². The second-order valence-electron chi connectivity index (χ2n) is 7.88. The van der Waals surface area contributed by atoms with Crippen LogP contribution in [0.5, 0.6) is 0 Å². The van der Waals surface area contributed by atoms with Crippen molar-refractivity contribution in [2.24, 2.45) is 5.41 Å². The highest BCUT2D eigenvalue weighted by molar-refractivity contribution is 7.15. The smallest absolute Gasteiger partial charge is 0.184 e. The van der Waals surface area contributed by atoms with Crippen LogP contribution in [0.4, 0.5) is 10.8 Å². The number of aliphatic hydroxyl groups excluding tert-OH is 1. The highest BCUT2D eigenvalue weighted by Gasteiger charge is 2.47. The minimum absolute atomic E-state index is 0.441. The summed E-state index contributed by atoms with van der Waals surface area (Å²) in [5.74, 6) is 0. The number of aromatic nitrogens is 2. The summed E-state index contributed by atoms with van der Waals surface area (Å²) < 4.78 is 0. The Balaban J connectivity index is 1.32. The molecular formula is C19H27N5OS. The molecule has 1 atom stereocenters. The molecule has 2 aromatic rings. The largest absolute Gasteiger partial charge is 0.374 e. The normalized spacial score (nSPS) is 20.4. The lowest BCUT2D eigenvalue weighted by atomic mass is 9.79. The summed E-state index contributed by atoms with van der Waals surface area (Å²) in [7, 11) is 0. The van der Waals surface area contributed by atoms with Crippen molar-refractivity contribution in [2.45, 2.75) is 40.0 Å². The predicted octanol–water partition coefficient (Wildman–Crippen LogP) is 2.62. The maximum absolute atomic E-state index is 9.38. The summed E-state index contributed by atoms with van der Waals surface area (Å²) >= 11 is 1.63. The van der Waals surface area contributed by atoms with Gasteiger partial charge in [0.1, 0.15) is 6.23 Å². The molecule has 0 radical (unpaired) electrons. The van der Waals surface area contributed by atoms with Crippen molar-refractivity contribution >= 4 is 22.2 Å². The Bertz CT molecular complexity index is 764. The number of nitrogens with one attached hydrogen (secondary N) is 1. The zero-order valence-electron chi connectivity index (χ0n) is 15.7. The minimum Gasteiger partial charge on any atom is -0.374 e. The molecule has 6 nitrogen and oxygen atoms in total. The standard InChI is InChI=1S/C19H27N5OS/c1-13-6-16(7-14(2)21-13)24-5-4-19(12-24)10-23(11-19)9-17-8-20-18(26-17)22-15(3)25/h6-8,15,25H,4-5,9-12H2,1-3H3,(H,20,22). The molecule has 1 unspecified atom stereocenters. The number of rotatable bonds is 5. The number of likely N-dealkylation sites (tertiary alicyclic amines) is 1. The molecule has 2 aromatic heterocycles. The van der Waals surface area contributed by atoms with E-state index in [-0.39, 0.29) is 0 Å². The van der Waals surface area contributed by atoms with Crippen molar-refractivity contribution in [1.29, 1.82) is 0 Å². The molecule has 0 bridgehead atoms. The Kier molecular flexibility index (Phi) is 4.62. The van der Waals surface area contributed by atoms with Crippen LogP contribution in [0.2, 0.25) is 0 Å². The summed E-state index contributed by atoms with van der Waals surface area (Å²) in [6, 6.07) is 4.41. The third-order valence-corrected chi connectivity index (χ3v) is 6.17. The van der Waals surface area contributed by atoms with Crippen molar-refractivity contribution in [3.05, 3.63) is 34.6 Å². The van der Waals surface area contributed by atoms with Gasteiger partial charge in [-0.15, -0.1) is 11.3 Å². The molecule has 7 heteroatoms. The summed E-state index contributed by atoms with van der Waals surface area (Å²) in [4.78, 5) is 15.1. The molecule has 0 saturated carbocycles. The molecule has 2 saturated heterocycles. The molecule has 4 heterocycles. The van der Waals surface area contributed by atoms with Gasteiger partial charge in [-0.1, -0.05) is 0 Å². The van der Waals surface area contributed by atoms with E-state index < -0.39 is 6.23 Å². The molecule has 4 rings (SSSR count). The van der Waals surface area contributed by atoms with E-state index in [2.05, 4.69) is 51.1 Å². The van der Waals surface area contributed by atoms with Gasteiger partial charge < -0.3 is 15.3 Å². The Hall–Kier alpha value is -1.70. The van der Waals surface area contributed by atoms with Gasteiger partial charge in [0.2, 0.25) is 0 Å². The predicted molar refractivity (Wildman–Crippen MR) is 106 cm³/mol. The quantitative estimate of drug-likeness (QED) is 0.786. The van der Waals surface area contributed by atoms with Crippen molar-refractivity contribution in [2.75, 3.05) is 36.4 Å². The molecule has 2 aliphatic rings. The van der Waals surface area contributed by atoms with Gasteiger partial charge in [-0.3, -0.25) is 9.88 Å². The van der Waals surface area contributed by atoms with Crippen LogP contribution in [0.3, 0.4) is 0 Å². The third kappa shape index (κ3) is 3.70. The summed E-state index contributed by atoms with van der Waals surface area (Å²) in [5.41, 5.74) is 3.96. The molecule has 0 amide bonds. The number of aryl methyl sites for hydroxylation is 2. The van der Waals surface area contributed by atoms with Crippen molar-refractivity contribution in [3.63, 3.8) is 0 Å². The fourth-order valence-electron chi connectivity index (χ4n) is 4.27. The van der Waals surface area contributed by atoms with Crippen LogP contribution in [0.1, 0.15) is 29.6 Å². The van der Waals surface area contributed by atoms with E-state index in [0.717, 1.165) is 49.2 Å². The molecule has 0 aliphatic carbocycles. The first-order valence-electron chi connectivity index (χ1n) is 9.23. The van der Waals surface area contributed by atoms with E-state index in [4.69, 9.17) is 0 Å². The van der Waals surface area contributed by atoms with Gasteiger partial charge in [-0.05, 0) is 39.3 Å². The molecule has 2 fully saturated rings. The molecule has 0 aromatic carbocycles. The number of hydrogen-bond donors (Lipinski definition) is 2. The lowest BCUT2D eigenvalue weighted by Gasteiger charge is -2.48. The fraction of sp³-hybridized carbons (Fsp3) is 0.579. The first kappa shape index (κ1) is 17.7. The van der Waals surface area contributed by atoms with Gasteiger partial charge in [-0.2, -0.15) is 0 Å². The lowest BCUT2D eigenvalue weighted by Crippen LogP contribution is -2.56. The van der Waals surface area contributed by atoms with Gasteiger partial charge in [0, 0.05) is 66.3 Å². The highest BCUT2D eigenvalue weighted by atomic mass is 32.1. The van der Waals surface area contributed by atoms with Crippen molar-refractivity contribution < 1.29 is 5.11 Å². The Morgan fingerprint density at radius 3 is 2.69 bits per heavy atom. The maximum Gasteiger partial charge on any atom is 0.184 e. The average Bonchev–Trinajstić information content (AvgIpc) is 3.13. The summed E-state index contributed by atoms with van der Waals surface area (Å²) in [6.45, 7) is 11.4. The van der Waals surface area contributed by atoms with E-state index in [1.165, 1.54) is 17.0 Å². The van der Waals surface area contributed by atoms with E-state index in [0.29, 0.717) is 5.41 Å². The number of anilines is 2. The van der Waals surface area contributed by atoms with Crippen LogP contribution in [0.25, 0.3) is 0 Å². The van der Waals surface area contributed by atoms with Gasteiger partial charge in [0.05, 0.1) is 0 Å². The molecule has 26 heavy (non-hydrogen) atoms. The number of hydrogen-bond acceptors (Lipinski definition) is 7. The second-order valence-corrected chi connectivity index (χ2v) is 8.99.